The van der Waals surface area contributed by atoms with E-state index >= 15 is 0 Å². The van der Waals surface area contributed by atoms with E-state index in [4.69, 9.17) is 4.74 Å². The third-order valence-corrected chi connectivity index (χ3v) is 4.55. The summed E-state index contributed by atoms with van der Waals surface area (Å²) in [6.07, 6.45) is -3.56. The Bertz CT molecular complexity index is 917. The van der Waals surface area contributed by atoms with Crippen LogP contribution in [0.3, 0.4) is 0 Å². The molecule has 1 aromatic heterocycles. The van der Waals surface area contributed by atoms with Crippen molar-refractivity contribution in [1.82, 2.24) is 14.8 Å². The van der Waals surface area contributed by atoms with Crippen LogP contribution in [0.4, 0.5) is 19.0 Å². The summed E-state index contributed by atoms with van der Waals surface area (Å²) < 4.78 is 44.9. The Morgan fingerprint density at radius 1 is 1.33 bits per heavy atom. The summed E-state index contributed by atoms with van der Waals surface area (Å²) >= 11 is 0. The lowest BCUT2D eigenvalue weighted by Crippen LogP contribution is -2.49. The predicted octanol–water partition coefficient (Wildman–Crippen LogP) is 2.19. The number of nitrogens with zero attached hydrogens (tertiary/aromatic N) is 3. The van der Waals surface area contributed by atoms with Gasteiger partial charge in [-0.2, -0.15) is 13.2 Å². The Morgan fingerprint density at radius 2 is 2.00 bits per heavy atom. The number of hydrogen-bond donors (Lipinski definition) is 2. The highest BCUT2D eigenvalue weighted by Crippen LogP contribution is 2.36. The van der Waals surface area contributed by atoms with Crippen molar-refractivity contribution < 1.29 is 23.0 Å². The van der Waals surface area contributed by atoms with Gasteiger partial charge < -0.3 is 15.2 Å². The van der Waals surface area contributed by atoms with Crippen LogP contribution in [0.1, 0.15) is 25.3 Å². The van der Waals surface area contributed by atoms with Gasteiger partial charge in [0.2, 0.25) is 5.82 Å². The molecule has 3 rings (SSSR count). The van der Waals surface area contributed by atoms with Crippen molar-refractivity contribution in [3.8, 4) is 17.1 Å². The van der Waals surface area contributed by atoms with E-state index in [0.29, 0.717) is 12.8 Å². The lowest BCUT2D eigenvalue weighted by molar-refractivity contribution is -0.137. The number of methoxy groups -OCH3 is 1. The van der Waals surface area contributed by atoms with Gasteiger partial charge in [-0.05, 0) is 38.0 Å². The van der Waals surface area contributed by atoms with E-state index in [1.165, 1.54) is 24.8 Å². The molecule has 1 saturated carbocycles. The first-order valence-corrected chi connectivity index (χ1v) is 8.20. The highest BCUT2D eigenvalue weighted by atomic mass is 19.4. The fourth-order valence-corrected chi connectivity index (χ4v) is 3.14. The lowest BCUT2D eigenvalue weighted by atomic mass is 9.77. The van der Waals surface area contributed by atoms with Crippen LogP contribution in [0.2, 0.25) is 0 Å². The number of alkyl halides is 3. The Labute approximate surface area is 152 Å². The van der Waals surface area contributed by atoms with E-state index in [2.05, 4.69) is 15.5 Å². The molecule has 1 heterocycles. The van der Waals surface area contributed by atoms with Crippen LogP contribution in [0, 0.1) is 0 Å². The number of nitrogens with one attached hydrogen (secondary N) is 1. The van der Waals surface area contributed by atoms with E-state index in [-0.39, 0.29) is 29.0 Å². The second-order valence-corrected chi connectivity index (χ2v) is 6.90. The number of aromatic nitrogens is 3. The topological polar surface area (TPSA) is 89.3 Å². The number of hydrogen-bond acceptors (Lipinski definition) is 6. The van der Waals surface area contributed by atoms with E-state index in [1.54, 1.807) is 6.92 Å². The van der Waals surface area contributed by atoms with E-state index < -0.39 is 22.9 Å². The van der Waals surface area contributed by atoms with E-state index in [1.807, 2.05) is 0 Å². The average molecular weight is 384 g/mol. The molecule has 0 aliphatic heterocycles. The summed E-state index contributed by atoms with van der Waals surface area (Å²) in [4.78, 5) is 12.5. The maximum atomic E-state index is 12.9. The summed E-state index contributed by atoms with van der Waals surface area (Å²) in [7, 11) is 2.69. The van der Waals surface area contributed by atoms with Gasteiger partial charge in [0.15, 0.2) is 5.82 Å². The predicted molar refractivity (Wildman–Crippen MR) is 91.5 cm³/mol. The van der Waals surface area contributed by atoms with Gasteiger partial charge in [-0.1, -0.05) is 0 Å². The Kier molecular flexibility index (Phi) is 4.62. The minimum absolute atomic E-state index is 0.0210. The van der Waals surface area contributed by atoms with Crippen LogP contribution in [0.15, 0.2) is 23.0 Å². The van der Waals surface area contributed by atoms with Crippen LogP contribution in [0.5, 0.6) is 5.75 Å². The fraction of sp³-hybridized carbons (Fsp3) is 0.471. The largest absolute Gasteiger partial charge is 0.496 e. The number of halogens is 3. The maximum absolute atomic E-state index is 12.9. The molecule has 0 atom stereocenters. The molecule has 10 heteroatoms. The SMILES string of the molecule is COc1cc(C(F)(F)F)ccc1-c1nnc(NC2CC(C)(O)C2)c(=O)n1C. The van der Waals surface area contributed by atoms with Gasteiger partial charge in [-0.15, -0.1) is 10.2 Å². The second-order valence-electron chi connectivity index (χ2n) is 6.90. The molecule has 0 amide bonds. The van der Waals surface area contributed by atoms with Crippen molar-refractivity contribution in [2.75, 3.05) is 12.4 Å². The Hall–Kier alpha value is -2.62. The number of anilines is 1. The first kappa shape index (κ1) is 19.2. The molecule has 27 heavy (non-hydrogen) atoms. The molecular weight excluding hydrogens is 365 g/mol. The molecule has 146 valence electrons. The molecular formula is C17H19F3N4O3. The van der Waals surface area contributed by atoms with Crippen molar-refractivity contribution in [2.24, 2.45) is 7.05 Å². The zero-order chi connectivity index (χ0) is 20.0. The molecule has 1 aliphatic carbocycles. The highest BCUT2D eigenvalue weighted by molar-refractivity contribution is 5.65. The number of benzene rings is 1. The van der Waals surface area contributed by atoms with Crippen LogP contribution < -0.4 is 15.6 Å². The van der Waals surface area contributed by atoms with E-state index in [9.17, 15) is 23.1 Å². The monoisotopic (exact) mass is 384 g/mol. The van der Waals surface area contributed by atoms with Crippen LogP contribution in [-0.4, -0.2) is 38.6 Å². The standard InChI is InChI=1S/C17H19F3N4O3/c1-16(26)7-10(8-16)21-13-15(25)24(2)14(23-22-13)11-5-4-9(17(18,19)20)6-12(11)27-3/h4-6,10,26H,7-8H2,1-3H3,(H,21,22). The fourth-order valence-electron chi connectivity index (χ4n) is 3.14. The van der Waals surface area contributed by atoms with Crippen molar-refractivity contribution in [2.45, 2.75) is 37.6 Å². The molecule has 7 nitrogen and oxygen atoms in total. The van der Waals surface area contributed by atoms with Gasteiger partial charge in [0.25, 0.3) is 5.56 Å². The third-order valence-electron chi connectivity index (χ3n) is 4.55. The van der Waals surface area contributed by atoms with Gasteiger partial charge in [-0.3, -0.25) is 9.36 Å². The van der Waals surface area contributed by atoms with Crippen molar-refractivity contribution >= 4 is 5.82 Å². The van der Waals surface area contributed by atoms with Gasteiger partial charge in [-0.25, -0.2) is 0 Å². The molecule has 0 bridgehead atoms. The quantitative estimate of drug-likeness (QED) is 0.840. The first-order valence-electron chi connectivity index (χ1n) is 8.20. The minimum atomic E-state index is -4.51. The molecule has 2 aromatic rings. The summed E-state index contributed by atoms with van der Waals surface area (Å²) in [6, 6.07) is 2.85. The summed E-state index contributed by atoms with van der Waals surface area (Å²) in [5.74, 6) is 0.0363. The molecule has 2 N–H and O–H groups in total. The normalized spacial score (nSPS) is 22.3. The Morgan fingerprint density at radius 3 is 2.56 bits per heavy atom. The van der Waals surface area contributed by atoms with Crippen LogP contribution in [-0.2, 0) is 13.2 Å². The van der Waals surface area contributed by atoms with Crippen molar-refractivity contribution in [1.29, 1.82) is 0 Å². The lowest BCUT2D eigenvalue weighted by Gasteiger charge is -2.41. The first-order chi connectivity index (χ1) is 12.5. The smallest absolute Gasteiger partial charge is 0.416 e. The molecule has 1 fully saturated rings. The summed E-state index contributed by atoms with van der Waals surface area (Å²) in [5, 5.41) is 20.6. The van der Waals surface area contributed by atoms with Gasteiger partial charge in [0.05, 0.1) is 23.8 Å². The zero-order valence-electron chi connectivity index (χ0n) is 15.0. The molecule has 0 spiro atoms. The van der Waals surface area contributed by atoms with Crippen LogP contribution in [0.25, 0.3) is 11.4 Å². The minimum Gasteiger partial charge on any atom is -0.496 e. The second kappa shape index (κ2) is 6.52. The van der Waals surface area contributed by atoms with Gasteiger partial charge in [0.1, 0.15) is 5.75 Å². The highest BCUT2D eigenvalue weighted by Gasteiger charge is 2.39. The molecule has 0 unspecified atom stereocenters. The summed E-state index contributed by atoms with van der Waals surface area (Å²) in [5.41, 5.74) is -1.88. The third kappa shape index (κ3) is 3.75. The summed E-state index contributed by atoms with van der Waals surface area (Å²) in [6.45, 7) is 1.70. The van der Waals surface area contributed by atoms with Crippen molar-refractivity contribution in [3.63, 3.8) is 0 Å². The molecule has 1 aliphatic rings. The Balaban J connectivity index is 1.94. The maximum Gasteiger partial charge on any atom is 0.416 e. The number of rotatable bonds is 4. The van der Waals surface area contributed by atoms with Crippen LogP contribution >= 0.6 is 0 Å². The van der Waals surface area contributed by atoms with Gasteiger partial charge in [0, 0.05) is 13.1 Å². The van der Waals surface area contributed by atoms with Gasteiger partial charge >= 0.3 is 6.18 Å². The zero-order valence-corrected chi connectivity index (χ0v) is 15.0. The average Bonchev–Trinajstić information content (AvgIpc) is 2.56. The number of ether oxygens (including phenoxy) is 1. The molecule has 0 radical (unpaired) electrons. The van der Waals surface area contributed by atoms with Crippen molar-refractivity contribution in [3.05, 3.63) is 34.1 Å². The molecule has 1 aromatic carbocycles. The number of aliphatic hydroxyl groups is 1. The molecule has 0 saturated heterocycles. The van der Waals surface area contributed by atoms with E-state index in [0.717, 1.165) is 12.1 Å².